The number of methoxy groups -OCH3 is 1. The Morgan fingerprint density at radius 1 is 1.17 bits per heavy atom. The molecule has 0 saturated carbocycles. The lowest BCUT2D eigenvalue weighted by molar-refractivity contribution is -0.130. The second-order valence-corrected chi connectivity index (χ2v) is 7.81. The molecule has 29 heavy (non-hydrogen) atoms. The number of nitrogens with two attached hydrogens (primary N) is 1. The maximum Gasteiger partial charge on any atom is 0.236 e. The highest BCUT2D eigenvalue weighted by Gasteiger charge is 2.23. The number of rotatable bonds is 8. The molecular weight excluding hydrogens is 386 g/mol. The molecule has 1 aromatic heterocycles. The van der Waals surface area contributed by atoms with Gasteiger partial charge in [-0.3, -0.25) is 4.79 Å². The number of nitrogens with zero attached hydrogens (tertiary/aromatic N) is 4. The summed E-state index contributed by atoms with van der Waals surface area (Å²) in [5, 5.41) is 8.52. The van der Waals surface area contributed by atoms with Gasteiger partial charge in [0, 0.05) is 18.7 Å². The molecule has 8 heteroatoms. The van der Waals surface area contributed by atoms with Gasteiger partial charge in [0.1, 0.15) is 5.75 Å². The molecular formula is C21H25N5O2S. The highest BCUT2D eigenvalue weighted by molar-refractivity contribution is 8.00. The molecule has 0 fully saturated rings. The minimum Gasteiger partial charge on any atom is -0.497 e. The van der Waals surface area contributed by atoms with Crippen LogP contribution in [0.15, 0.2) is 59.8 Å². The van der Waals surface area contributed by atoms with Crippen molar-refractivity contribution >= 4 is 17.7 Å². The fraction of sp³-hybridized carbons (Fsp3) is 0.286. The van der Waals surface area contributed by atoms with Crippen molar-refractivity contribution in [1.82, 2.24) is 19.8 Å². The van der Waals surface area contributed by atoms with Crippen molar-refractivity contribution in [2.75, 3.05) is 19.5 Å². The van der Waals surface area contributed by atoms with E-state index in [9.17, 15) is 4.79 Å². The number of carbonyl (C=O) groups excluding carboxylic acids is 1. The molecule has 0 spiro atoms. The molecule has 1 heterocycles. The summed E-state index contributed by atoms with van der Waals surface area (Å²) in [6.07, 6.45) is 0. The van der Waals surface area contributed by atoms with Crippen LogP contribution in [0.2, 0.25) is 0 Å². The summed E-state index contributed by atoms with van der Waals surface area (Å²) in [5.74, 6) is 7.53. The maximum absolute atomic E-state index is 12.9. The largest absolute Gasteiger partial charge is 0.497 e. The molecule has 7 nitrogen and oxygen atoms in total. The number of hydrogen-bond acceptors (Lipinski definition) is 6. The van der Waals surface area contributed by atoms with Crippen LogP contribution in [0.25, 0.3) is 11.4 Å². The monoisotopic (exact) mass is 411 g/mol. The molecule has 0 aliphatic heterocycles. The van der Waals surface area contributed by atoms with Gasteiger partial charge in [-0.15, -0.1) is 10.2 Å². The lowest BCUT2D eigenvalue weighted by Crippen LogP contribution is -2.36. The number of hydrogen-bond donors (Lipinski definition) is 1. The maximum atomic E-state index is 12.9. The van der Waals surface area contributed by atoms with Gasteiger partial charge in [0.2, 0.25) is 11.1 Å². The molecule has 0 radical (unpaired) electrons. The van der Waals surface area contributed by atoms with E-state index in [-0.39, 0.29) is 11.2 Å². The molecule has 0 aliphatic carbocycles. The molecule has 152 valence electrons. The third-order valence-electron chi connectivity index (χ3n) is 4.55. The van der Waals surface area contributed by atoms with Gasteiger partial charge in [0.05, 0.1) is 12.4 Å². The SMILES string of the molecule is CCN(Cc1ccccc1)C(=O)C(C)Sc1nnc(-c2ccc(OC)cc2)n1N. The van der Waals surface area contributed by atoms with Gasteiger partial charge < -0.3 is 15.5 Å². The first-order chi connectivity index (χ1) is 14.0. The van der Waals surface area contributed by atoms with E-state index in [0.717, 1.165) is 16.9 Å². The highest BCUT2D eigenvalue weighted by atomic mass is 32.2. The van der Waals surface area contributed by atoms with Crippen molar-refractivity contribution in [2.24, 2.45) is 0 Å². The van der Waals surface area contributed by atoms with E-state index < -0.39 is 0 Å². The summed E-state index contributed by atoms with van der Waals surface area (Å²) >= 11 is 1.30. The zero-order valence-electron chi connectivity index (χ0n) is 16.8. The molecule has 1 atom stereocenters. The molecule has 2 aromatic carbocycles. The first-order valence-corrected chi connectivity index (χ1v) is 10.3. The first-order valence-electron chi connectivity index (χ1n) is 9.37. The third-order valence-corrected chi connectivity index (χ3v) is 5.60. The summed E-state index contributed by atoms with van der Waals surface area (Å²) in [5.41, 5.74) is 1.93. The summed E-state index contributed by atoms with van der Waals surface area (Å²) in [6.45, 7) is 5.05. The molecule has 0 aliphatic rings. The van der Waals surface area contributed by atoms with Crippen molar-refractivity contribution < 1.29 is 9.53 Å². The molecule has 1 unspecified atom stereocenters. The average molecular weight is 412 g/mol. The number of nitrogen functional groups attached to an aromatic ring is 1. The van der Waals surface area contributed by atoms with Gasteiger partial charge in [-0.2, -0.15) is 0 Å². The molecule has 3 aromatic rings. The number of thioether (sulfide) groups is 1. The lowest BCUT2D eigenvalue weighted by atomic mass is 10.2. The van der Waals surface area contributed by atoms with Crippen LogP contribution in [0, 0.1) is 0 Å². The summed E-state index contributed by atoms with van der Waals surface area (Å²) in [6, 6.07) is 17.4. The fourth-order valence-corrected chi connectivity index (χ4v) is 3.76. The number of ether oxygens (including phenoxy) is 1. The second-order valence-electron chi connectivity index (χ2n) is 6.50. The Morgan fingerprint density at radius 2 is 1.86 bits per heavy atom. The zero-order valence-corrected chi connectivity index (χ0v) is 17.6. The van der Waals surface area contributed by atoms with Gasteiger partial charge >= 0.3 is 0 Å². The van der Waals surface area contributed by atoms with Crippen molar-refractivity contribution in [2.45, 2.75) is 30.8 Å². The Hall–Kier alpha value is -3.00. The van der Waals surface area contributed by atoms with Gasteiger partial charge in [-0.1, -0.05) is 42.1 Å². The van der Waals surface area contributed by atoms with Crippen LogP contribution in [-0.4, -0.2) is 44.6 Å². The van der Waals surface area contributed by atoms with E-state index in [2.05, 4.69) is 10.2 Å². The van der Waals surface area contributed by atoms with E-state index in [1.807, 2.05) is 73.3 Å². The number of benzene rings is 2. The predicted octanol–water partition coefficient (Wildman–Crippen LogP) is 3.20. The average Bonchev–Trinajstić information content (AvgIpc) is 3.12. The van der Waals surface area contributed by atoms with Crippen LogP contribution in [0.1, 0.15) is 19.4 Å². The van der Waals surface area contributed by atoms with Crippen LogP contribution in [0.5, 0.6) is 5.75 Å². The third kappa shape index (κ3) is 4.89. The fourth-order valence-electron chi connectivity index (χ4n) is 2.91. The van der Waals surface area contributed by atoms with Crippen molar-refractivity contribution in [3.8, 4) is 17.1 Å². The molecule has 3 rings (SSSR count). The van der Waals surface area contributed by atoms with E-state index >= 15 is 0 Å². The summed E-state index contributed by atoms with van der Waals surface area (Å²) in [7, 11) is 1.62. The van der Waals surface area contributed by atoms with E-state index in [0.29, 0.717) is 24.1 Å². The van der Waals surface area contributed by atoms with Crippen LogP contribution in [0.4, 0.5) is 0 Å². The Balaban J connectivity index is 1.70. The number of carbonyl (C=O) groups is 1. The molecule has 1 amide bonds. The Labute approximate surface area is 174 Å². The first kappa shape index (κ1) is 20.7. The minimum absolute atomic E-state index is 0.0374. The van der Waals surface area contributed by atoms with Crippen LogP contribution in [0.3, 0.4) is 0 Å². The normalized spacial score (nSPS) is 11.8. The second kappa shape index (κ2) is 9.47. The van der Waals surface area contributed by atoms with E-state index in [1.54, 1.807) is 7.11 Å². The Kier molecular flexibility index (Phi) is 6.77. The molecule has 0 bridgehead atoms. The van der Waals surface area contributed by atoms with Gasteiger partial charge in [0.15, 0.2) is 5.82 Å². The van der Waals surface area contributed by atoms with Gasteiger partial charge in [0.25, 0.3) is 0 Å². The predicted molar refractivity (Wildman–Crippen MR) is 115 cm³/mol. The lowest BCUT2D eigenvalue weighted by Gasteiger charge is -2.24. The standard InChI is InChI=1S/C21H25N5O2S/c1-4-25(14-16-8-6-5-7-9-16)20(27)15(2)29-21-24-23-19(26(21)22)17-10-12-18(28-3)13-11-17/h5-13,15H,4,14,22H2,1-3H3. The van der Waals surface area contributed by atoms with E-state index in [1.165, 1.54) is 16.4 Å². The van der Waals surface area contributed by atoms with Gasteiger partial charge in [-0.25, -0.2) is 4.68 Å². The number of amides is 1. The van der Waals surface area contributed by atoms with Gasteiger partial charge in [-0.05, 0) is 43.7 Å². The summed E-state index contributed by atoms with van der Waals surface area (Å²) in [4.78, 5) is 14.8. The smallest absolute Gasteiger partial charge is 0.236 e. The zero-order chi connectivity index (χ0) is 20.8. The number of aromatic nitrogens is 3. The van der Waals surface area contributed by atoms with Crippen molar-refractivity contribution in [3.63, 3.8) is 0 Å². The quantitative estimate of drug-likeness (QED) is 0.452. The molecule has 2 N–H and O–H groups in total. The van der Waals surface area contributed by atoms with E-state index in [4.69, 9.17) is 10.6 Å². The van der Waals surface area contributed by atoms with Crippen molar-refractivity contribution in [1.29, 1.82) is 0 Å². The molecule has 0 saturated heterocycles. The van der Waals surface area contributed by atoms with Crippen LogP contribution < -0.4 is 10.6 Å². The van der Waals surface area contributed by atoms with Crippen LogP contribution in [-0.2, 0) is 11.3 Å². The van der Waals surface area contributed by atoms with Crippen molar-refractivity contribution in [3.05, 3.63) is 60.2 Å². The topological polar surface area (TPSA) is 86.3 Å². The summed E-state index contributed by atoms with van der Waals surface area (Å²) < 4.78 is 6.60. The highest BCUT2D eigenvalue weighted by Crippen LogP contribution is 2.27. The minimum atomic E-state index is -0.339. The Bertz CT molecular complexity index is 943. The Morgan fingerprint density at radius 3 is 2.48 bits per heavy atom. The van der Waals surface area contributed by atoms with Crippen LogP contribution >= 0.6 is 11.8 Å².